The Morgan fingerprint density at radius 2 is 2.24 bits per heavy atom. The van der Waals surface area contributed by atoms with E-state index in [1.165, 1.54) is 12.4 Å². The molecule has 1 aliphatic rings. The van der Waals surface area contributed by atoms with Crippen LogP contribution in [0.25, 0.3) is 0 Å². The highest BCUT2D eigenvalue weighted by atomic mass is 19.1. The van der Waals surface area contributed by atoms with Gasteiger partial charge in [0.05, 0.1) is 18.1 Å². The molecule has 12 heteroatoms. The van der Waals surface area contributed by atoms with Crippen LogP contribution < -0.4 is 21.7 Å². The van der Waals surface area contributed by atoms with Crippen molar-refractivity contribution in [2.24, 2.45) is 22.0 Å². The molecule has 11 nitrogen and oxygen atoms in total. The minimum Gasteiger partial charge on any atom is -0.324 e. The predicted octanol–water partition coefficient (Wildman–Crippen LogP) is 0.304. The van der Waals surface area contributed by atoms with Gasteiger partial charge in [-0.05, 0) is 19.7 Å². The topological polar surface area (TPSA) is 154 Å². The van der Waals surface area contributed by atoms with Crippen LogP contribution in [0.5, 0.6) is 0 Å². The maximum atomic E-state index is 13.6. The fourth-order valence-corrected chi connectivity index (χ4v) is 3.35. The lowest BCUT2D eigenvalue weighted by Gasteiger charge is -2.39. The molecule has 1 amide bonds. The van der Waals surface area contributed by atoms with Crippen LogP contribution in [0.4, 0.5) is 10.1 Å². The van der Waals surface area contributed by atoms with Crippen molar-refractivity contribution in [1.29, 1.82) is 0 Å². The summed E-state index contributed by atoms with van der Waals surface area (Å²) in [6.07, 6.45) is -0.257. The Kier molecular flexibility index (Phi) is 8.64. The molecule has 1 aromatic rings. The summed E-state index contributed by atoms with van der Waals surface area (Å²) in [5, 5.41) is 14.5. The van der Waals surface area contributed by atoms with Gasteiger partial charge in [-0.15, -0.1) is 4.91 Å². The van der Waals surface area contributed by atoms with Crippen molar-refractivity contribution in [3.63, 3.8) is 0 Å². The average molecular weight is 410 g/mol. The highest BCUT2D eigenvalue weighted by Crippen LogP contribution is 2.26. The maximum absolute atomic E-state index is 13.6. The summed E-state index contributed by atoms with van der Waals surface area (Å²) < 4.78 is 13.6. The van der Waals surface area contributed by atoms with E-state index in [9.17, 15) is 19.0 Å². The zero-order chi connectivity index (χ0) is 21.4. The first-order valence-electron chi connectivity index (χ1n) is 9.36. The van der Waals surface area contributed by atoms with Gasteiger partial charge in [0, 0.05) is 31.4 Å². The van der Waals surface area contributed by atoms with E-state index in [1.54, 1.807) is 18.0 Å². The zero-order valence-corrected chi connectivity index (χ0v) is 16.4. The van der Waals surface area contributed by atoms with E-state index in [4.69, 9.17) is 5.73 Å². The van der Waals surface area contributed by atoms with Crippen LogP contribution in [0.3, 0.4) is 0 Å². The van der Waals surface area contributed by atoms with Gasteiger partial charge in [-0.1, -0.05) is 17.3 Å². The quantitative estimate of drug-likeness (QED) is 0.402. The fourth-order valence-electron chi connectivity index (χ4n) is 3.35. The molecular weight excluding hydrogens is 383 g/mol. The Hall–Kier alpha value is -2.41. The van der Waals surface area contributed by atoms with Gasteiger partial charge < -0.3 is 16.4 Å². The molecule has 2 rings (SSSR count). The van der Waals surface area contributed by atoms with Crippen LogP contribution in [0.1, 0.15) is 18.5 Å². The fraction of sp³-hybridized carbons (Fsp3) is 0.647. The highest BCUT2D eigenvalue weighted by Gasteiger charge is 2.40. The van der Waals surface area contributed by atoms with Crippen molar-refractivity contribution in [2.45, 2.75) is 31.5 Å². The van der Waals surface area contributed by atoms with Crippen LogP contribution in [0.15, 0.2) is 28.8 Å². The second-order valence-corrected chi connectivity index (χ2v) is 6.89. The van der Waals surface area contributed by atoms with Crippen LogP contribution >= 0.6 is 0 Å². The van der Waals surface area contributed by atoms with E-state index < -0.39 is 36.4 Å². The average Bonchev–Trinajstić information content (AvgIpc) is 2.71. The van der Waals surface area contributed by atoms with Crippen molar-refractivity contribution >= 4 is 11.6 Å². The normalized spacial score (nSPS) is 23.0. The molecular formula is C17H27FN8O3. The molecule has 0 radical (unpaired) electrons. The second-order valence-electron chi connectivity index (χ2n) is 6.89. The molecule has 1 aromatic heterocycles. The van der Waals surface area contributed by atoms with E-state index in [2.05, 4.69) is 31.3 Å². The summed E-state index contributed by atoms with van der Waals surface area (Å²) in [7, 11) is 1.62. The number of hydrogen-bond acceptors (Lipinski definition) is 10. The minimum absolute atomic E-state index is 0.0301. The van der Waals surface area contributed by atoms with Crippen LogP contribution in [-0.2, 0) is 4.79 Å². The molecule has 29 heavy (non-hydrogen) atoms. The third-order valence-electron chi connectivity index (χ3n) is 4.83. The summed E-state index contributed by atoms with van der Waals surface area (Å²) in [6, 6.07) is 0.845. The summed E-state index contributed by atoms with van der Waals surface area (Å²) in [5.74, 6) is -1.68. The molecule has 5 N–H and O–H groups in total. The standard InChI is InChI=1S/C17H27FN8O3/c1-3-20-8-13(24-28)11-4-5-21-7-12(11)23-17(27)14(15(19)25-29)16-22-6-10(18)9-26(16)2/h4-5,7,10,13-16,20,22H,3,6,8-9,19H2,1-2H3,(H,23,27). The largest absolute Gasteiger partial charge is 0.324 e. The minimum atomic E-state index is -1.35. The number of nitrogens with zero attached hydrogens (tertiary/aromatic N) is 4. The number of carbonyl (C=O) groups is 1. The number of likely N-dealkylation sites (N-methyl/N-ethyl adjacent to an activating group) is 1. The van der Waals surface area contributed by atoms with Gasteiger partial charge in [0.1, 0.15) is 18.1 Å². The smallest absolute Gasteiger partial charge is 0.234 e. The van der Waals surface area contributed by atoms with Crippen LogP contribution in [-0.4, -0.2) is 67.5 Å². The molecule has 0 saturated carbocycles. The molecule has 0 spiro atoms. The van der Waals surface area contributed by atoms with Crippen molar-refractivity contribution in [3.05, 3.63) is 33.8 Å². The molecule has 0 aromatic carbocycles. The van der Waals surface area contributed by atoms with E-state index in [0.717, 1.165) is 0 Å². The Morgan fingerprint density at radius 1 is 1.48 bits per heavy atom. The summed E-state index contributed by atoms with van der Waals surface area (Å²) in [5.41, 5.74) is 6.55. The lowest BCUT2D eigenvalue weighted by molar-refractivity contribution is -0.124. The molecule has 1 saturated heterocycles. The summed E-state index contributed by atoms with van der Waals surface area (Å²) >= 11 is 0. The number of nitrogens with one attached hydrogen (secondary N) is 3. The Morgan fingerprint density at radius 3 is 2.86 bits per heavy atom. The van der Waals surface area contributed by atoms with Crippen molar-refractivity contribution in [3.8, 4) is 0 Å². The maximum Gasteiger partial charge on any atom is 0.234 e. The first-order valence-corrected chi connectivity index (χ1v) is 9.36. The van der Waals surface area contributed by atoms with Gasteiger partial charge in [-0.2, -0.15) is 4.91 Å². The van der Waals surface area contributed by atoms with Crippen molar-refractivity contribution in [2.75, 3.05) is 38.5 Å². The monoisotopic (exact) mass is 410 g/mol. The van der Waals surface area contributed by atoms with Gasteiger partial charge in [-0.25, -0.2) is 4.39 Å². The zero-order valence-electron chi connectivity index (χ0n) is 16.4. The van der Waals surface area contributed by atoms with Crippen LogP contribution in [0, 0.1) is 15.7 Å². The predicted molar refractivity (Wildman–Crippen MR) is 107 cm³/mol. The van der Waals surface area contributed by atoms with E-state index in [0.29, 0.717) is 12.1 Å². The number of nitrogens with two attached hydrogens (primary N) is 1. The third-order valence-corrected chi connectivity index (χ3v) is 4.83. The van der Waals surface area contributed by atoms with Gasteiger partial charge in [0.25, 0.3) is 0 Å². The van der Waals surface area contributed by atoms with Crippen molar-refractivity contribution in [1.82, 2.24) is 20.5 Å². The van der Waals surface area contributed by atoms with Gasteiger partial charge in [0.15, 0.2) is 6.17 Å². The number of nitroso groups, excluding NO2 is 2. The second kappa shape index (κ2) is 11.0. The Bertz CT molecular complexity index is 709. The SMILES string of the molecule is CCNCC(N=O)c1ccncc1NC(=O)C(C(N)N=O)C1NCC(F)CN1C. The number of alkyl halides is 1. The number of halogens is 1. The van der Waals surface area contributed by atoms with E-state index in [-0.39, 0.29) is 25.3 Å². The van der Waals surface area contributed by atoms with Gasteiger partial charge >= 0.3 is 0 Å². The lowest BCUT2D eigenvalue weighted by Crippen LogP contribution is -2.62. The molecule has 5 unspecified atom stereocenters. The number of amides is 1. The van der Waals surface area contributed by atoms with Gasteiger partial charge in [-0.3, -0.25) is 20.0 Å². The molecule has 160 valence electrons. The summed E-state index contributed by atoms with van der Waals surface area (Å²) in [4.78, 5) is 41.0. The number of aromatic nitrogens is 1. The molecule has 1 fully saturated rings. The molecule has 0 bridgehead atoms. The number of pyridine rings is 1. The first-order chi connectivity index (χ1) is 13.9. The molecule has 1 aliphatic heterocycles. The molecule has 2 heterocycles. The number of hydrogen-bond donors (Lipinski definition) is 4. The van der Waals surface area contributed by atoms with Crippen molar-refractivity contribution < 1.29 is 9.18 Å². The number of anilines is 1. The summed E-state index contributed by atoms with van der Waals surface area (Å²) in [6.45, 7) is 2.95. The van der Waals surface area contributed by atoms with Gasteiger partial charge in [0.2, 0.25) is 5.91 Å². The van der Waals surface area contributed by atoms with Crippen LogP contribution in [0.2, 0.25) is 0 Å². The van der Waals surface area contributed by atoms with E-state index >= 15 is 0 Å². The number of carbonyl (C=O) groups excluding carboxylic acids is 1. The Labute approximate surface area is 167 Å². The lowest BCUT2D eigenvalue weighted by atomic mass is 9.98. The number of rotatable bonds is 10. The highest BCUT2D eigenvalue weighted by molar-refractivity contribution is 5.94. The van der Waals surface area contributed by atoms with E-state index in [1.807, 2.05) is 6.92 Å². The molecule has 5 atom stereocenters. The third kappa shape index (κ3) is 5.79. The first kappa shape index (κ1) is 22.9. The molecule has 0 aliphatic carbocycles. The Balaban J connectivity index is 2.25.